The summed E-state index contributed by atoms with van der Waals surface area (Å²) in [5.74, 6) is -0.223. The van der Waals surface area contributed by atoms with Crippen molar-refractivity contribution in [1.82, 2.24) is 4.98 Å². The predicted molar refractivity (Wildman–Crippen MR) is 65.5 cm³/mol. The van der Waals surface area contributed by atoms with Gasteiger partial charge in [0.1, 0.15) is 5.41 Å². The number of rotatable bonds is 2. The monoisotopic (exact) mass is 243 g/mol. The third-order valence-corrected chi connectivity index (χ3v) is 3.86. The van der Waals surface area contributed by atoms with Crippen molar-refractivity contribution in [2.45, 2.75) is 12.8 Å². The molecule has 1 aliphatic carbocycles. The van der Waals surface area contributed by atoms with E-state index in [2.05, 4.69) is 16.4 Å². The van der Waals surface area contributed by atoms with Crippen LogP contribution in [0.15, 0.2) is 24.3 Å². The van der Waals surface area contributed by atoms with Crippen molar-refractivity contribution < 1.29 is 4.79 Å². The zero-order chi connectivity index (χ0) is 11.9. The molecule has 0 aliphatic heterocycles. The van der Waals surface area contributed by atoms with Crippen LogP contribution in [0.5, 0.6) is 0 Å². The van der Waals surface area contributed by atoms with Gasteiger partial charge < -0.3 is 5.32 Å². The Morgan fingerprint density at radius 2 is 2.24 bits per heavy atom. The second-order valence-corrected chi connectivity index (χ2v) is 5.17. The molecule has 1 fully saturated rings. The molecule has 0 bridgehead atoms. The molecule has 0 radical (unpaired) electrons. The van der Waals surface area contributed by atoms with Gasteiger partial charge in [-0.1, -0.05) is 23.5 Å². The van der Waals surface area contributed by atoms with Gasteiger partial charge in [-0.05, 0) is 25.0 Å². The van der Waals surface area contributed by atoms with Crippen LogP contribution in [0.25, 0.3) is 10.2 Å². The first-order valence-corrected chi connectivity index (χ1v) is 6.13. The number of benzene rings is 1. The van der Waals surface area contributed by atoms with Gasteiger partial charge in [-0.25, -0.2) is 4.98 Å². The Labute approximate surface area is 102 Å². The van der Waals surface area contributed by atoms with Crippen molar-refractivity contribution in [3.05, 3.63) is 24.3 Å². The number of carbonyl (C=O) groups excluding carboxylic acids is 1. The molecule has 2 aromatic rings. The van der Waals surface area contributed by atoms with E-state index in [9.17, 15) is 4.79 Å². The summed E-state index contributed by atoms with van der Waals surface area (Å²) in [6, 6.07) is 9.77. The second kappa shape index (κ2) is 3.54. The van der Waals surface area contributed by atoms with E-state index < -0.39 is 5.41 Å². The number of hydrogen-bond acceptors (Lipinski definition) is 4. The van der Waals surface area contributed by atoms with Crippen molar-refractivity contribution in [1.29, 1.82) is 5.26 Å². The highest BCUT2D eigenvalue weighted by molar-refractivity contribution is 7.22. The molecule has 0 unspecified atom stereocenters. The van der Waals surface area contributed by atoms with Crippen molar-refractivity contribution in [3.8, 4) is 6.07 Å². The van der Waals surface area contributed by atoms with Gasteiger partial charge in [-0.3, -0.25) is 4.79 Å². The van der Waals surface area contributed by atoms with Crippen LogP contribution in [0.2, 0.25) is 0 Å². The normalized spacial score (nSPS) is 16.4. The van der Waals surface area contributed by atoms with Gasteiger partial charge in [-0.2, -0.15) is 5.26 Å². The molecule has 0 spiro atoms. The van der Waals surface area contributed by atoms with Gasteiger partial charge in [0.05, 0.1) is 16.3 Å². The number of thiazole rings is 1. The molecule has 5 heteroatoms. The van der Waals surface area contributed by atoms with Gasteiger partial charge in [0, 0.05) is 0 Å². The number of nitriles is 1. The maximum atomic E-state index is 11.8. The lowest BCUT2D eigenvalue weighted by Crippen LogP contribution is -2.22. The summed E-state index contributed by atoms with van der Waals surface area (Å²) in [5, 5.41) is 12.2. The van der Waals surface area contributed by atoms with Gasteiger partial charge >= 0.3 is 0 Å². The SMILES string of the molecule is N#CC1(C(=O)Nc2nc3ccccc3s2)CC1. The van der Waals surface area contributed by atoms with Gasteiger partial charge in [0.25, 0.3) is 0 Å². The van der Waals surface area contributed by atoms with Gasteiger partial charge in [0.15, 0.2) is 5.13 Å². The average Bonchev–Trinajstić information content (AvgIpc) is 3.04. The maximum absolute atomic E-state index is 11.8. The molecule has 1 aliphatic rings. The molecule has 0 atom stereocenters. The molecule has 1 aromatic heterocycles. The minimum atomic E-state index is -0.794. The highest BCUT2D eigenvalue weighted by Crippen LogP contribution is 2.46. The van der Waals surface area contributed by atoms with E-state index in [1.165, 1.54) is 11.3 Å². The third-order valence-electron chi connectivity index (χ3n) is 2.91. The molecule has 1 saturated carbocycles. The summed E-state index contributed by atoms with van der Waals surface area (Å²) in [5.41, 5.74) is 0.0762. The molecule has 1 amide bonds. The van der Waals surface area contributed by atoms with Crippen LogP contribution in [0.1, 0.15) is 12.8 Å². The number of fused-ring (bicyclic) bond motifs is 1. The van der Waals surface area contributed by atoms with Crippen LogP contribution >= 0.6 is 11.3 Å². The number of carbonyl (C=O) groups is 1. The minimum absolute atomic E-state index is 0.223. The third kappa shape index (κ3) is 1.67. The van der Waals surface area contributed by atoms with E-state index in [1.54, 1.807) is 0 Å². The zero-order valence-corrected chi connectivity index (χ0v) is 9.75. The maximum Gasteiger partial charge on any atom is 0.246 e. The highest BCUT2D eigenvalue weighted by Gasteiger charge is 2.50. The molecule has 1 heterocycles. The fourth-order valence-corrected chi connectivity index (χ4v) is 2.52. The Hall–Kier alpha value is -1.93. The number of amides is 1. The molecule has 1 aromatic carbocycles. The molecule has 4 nitrogen and oxygen atoms in total. The lowest BCUT2D eigenvalue weighted by Gasteiger charge is -2.03. The number of aromatic nitrogens is 1. The van der Waals surface area contributed by atoms with Crippen LogP contribution in [-0.2, 0) is 4.79 Å². The van der Waals surface area contributed by atoms with Crippen molar-refractivity contribution in [2.75, 3.05) is 5.32 Å². The van der Waals surface area contributed by atoms with E-state index in [1.807, 2.05) is 24.3 Å². The van der Waals surface area contributed by atoms with Crippen LogP contribution in [0.4, 0.5) is 5.13 Å². The van der Waals surface area contributed by atoms with Crippen LogP contribution in [-0.4, -0.2) is 10.9 Å². The Bertz CT molecular complexity index is 603. The number of para-hydroxylation sites is 1. The van der Waals surface area contributed by atoms with E-state index in [-0.39, 0.29) is 5.91 Å². The largest absolute Gasteiger partial charge is 0.301 e. The quantitative estimate of drug-likeness (QED) is 0.881. The summed E-state index contributed by atoms with van der Waals surface area (Å²) in [6.45, 7) is 0. The predicted octanol–water partition coefficient (Wildman–Crippen LogP) is 2.54. The van der Waals surface area contributed by atoms with E-state index in [0.717, 1.165) is 10.2 Å². The molecule has 0 saturated heterocycles. The van der Waals surface area contributed by atoms with Gasteiger partial charge in [-0.15, -0.1) is 0 Å². The minimum Gasteiger partial charge on any atom is -0.301 e. The number of nitrogens with one attached hydrogen (secondary N) is 1. The van der Waals surface area contributed by atoms with Crippen molar-refractivity contribution in [2.24, 2.45) is 5.41 Å². The van der Waals surface area contributed by atoms with Crippen molar-refractivity contribution in [3.63, 3.8) is 0 Å². The second-order valence-electron chi connectivity index (χ2n) is 4.13. The lowest BCUT2D eigenvalue weighted by atomic mass is 10.1. The summed E-state index contributed by atoms with van der Waals surface area (Å²) >= 11 is 1.43. The Morgan fingerprint density at radius 3 is 2.88 bits per heavy atom. The molecule has 3 rings (SSSR count). The molecular formula is C12H9N3OS. The Morgan fingerprint density at radius 1 is 1.47 bits per heavy atom. The van der Waals surface area contributed by atoms with Gasteiger partial charge in [0.2, 0.25) is 5.91 Å². The smallest absolute Gasteiger partial charge is 0.246 e. The van der Waals surface area contributed by atoms with E-state index >= 15 is 0 Å². The summed E-state index contributed by atoms with van der Waals surface area (Å²) < 4.78 is 1.03. The number of anilines is 1. The molecule has 1 N–H and O–H groups in total. The highest BCUT2D eigenvalue weighted by atomic mass is 32.1. The first-order chi connectivity index (χ1) is 8.23. The standard InChI is InChI=1S/C12H9N3OS/c13-7-12(5-6-12)10(16)15-11-14-8-3-1-2-4-9(8)17-11/h1-4H,5-6H2,(H,14,15,16). The summed E-state index contributed by atoms with van der Waals surface area (Å²) in [7, 11) is 0. The Kier molecular flexibility index (Phi) is 2.13. The zero-order valence-electron chi connectivity index (χ0n) is 8.93. The van der Waals surface area contributed by atoms with Crippen molar-refractivity contribution >= 4 is 32.6 Å². The van der Waals surface area contributed by atoms with E-state index in [0.29, 0.717) is 18.0 Å². The van der Waals surface area contributed by atoms with Crippen LogP contribution in [0, 0.1) is 16.7 Å². The fourth-order valence-electron chi connectivity index (χ4n) is 1.66. The first-order valence-electron chi connectivity index (χ1n) is 5.32. The topological polar surface area (TPSA) is 65.8 Å². The summed E-state index contributed by atoms with van der Waals surface area (Å²) in [6.07, 6.45) is 1.31. The first kappa shape index (κ1) is 10.2. The average molecular weight is 243 g/mol. The van der Waals surface area contributed by atoms with Crippen LogP contribution < -0.4 is 5.32 Å². The van der Waals surface area contributed by atoms with Crippen LogP contribution in [0.3, 0.4) is 0 Å². The fraction of sp³-hybridized carbons (Fsp3) is 0.250. The lowest BCUT2D eigenvalue weighted by molar-refractivity contribution is -0.119. The summed E-state index contributed by atoms with van der Waals surface area (Å²) in [4.78, 5) is 16.1. The number of nitrogens with zero attached hydrogens (tertiary/aromatic N) is 2. The molecule has 17 heavy (non-hydrogen) atoms. The molecule has 84 valence electrons. The molecular weight excluding hydrogens is 234 g/mol. The van der Waals surface area contributed by atoms with E-state index in [4.69, 9.17) is 5.26 Å². The Balaban J connectivity index is 1.86. The number of hydrogen-bond donors (Lipinski definition) is 1.